The van der Waals surface area contributed by atoms with Crippen molar-refractivity contribution in [3.8, 4) is 0 Å². The second kappa shape index (κ2) is 3.73. The van der Waals surface area contributed by atoms with Crippen molar-refractivity contribution < 1.29 is 9.90 Å². The fourth-order valence-corrected chi connectivity index (χ4v) is 2.54. The van der Waals surface area contributed by atoms with Crippen LogP contribution in [0.15, 0.2) is 12.2 Å². The minimum absolute atomic E-state index is 0.418. The number of allylic oxidation sites excluding steroid dienone is 2. The highest BCUT2D eigenvalue weighted by Gasteiger charge is 2.35. The van der Waals surface area contributed by atoms with Crippen LogP contribution in [-0.2, 0) is 4.79 Å². The maximum Gasteiger partial charge on any atom is 0.320 e. The third-order valence-corrected chi connectivity index (χ3v) is 3.47. The minimum atomic E-state index is -0.760. The van der Waals surface area contributed by atoms with Crippen molar-refractivity contribution in [3.05, 3.63) is 12.2 Å². The van der Waals surface area contributed by atoms with Gasteiger partial charge in [-0.15, -0.1) is 0 Å². The van der Waals surface area contributed by atoms with Gasteiger partial charge in [-0.1, -0.05) is 12.2 Å². The molecule has 2 bridgehead atoms. The molecule has 2 aliphatic rings. The molecule has 0 spiro atoms. The Morgan fingerprint density at radius 2 is 2.36 bits per heavy atom. The molecule has 4 unspecified atom stereocenters. The van der Waals surface area contributed by atoms with Crippen LogP contribution in [0.25, 0.3) is 0 Å². The summed E-state index contributed by atoms with van der Waals surface area (Å²) in [7, 11) is 0. The van der Waals surface area contributed by atoms with Gasteiger partial charge in [-0.3, -0.25) is 4.79 Å². The molecular formula is C11H17NO2. The van der Waals surface area contributed by atoms with E-state index in [9.17, 15) is 4.79 Å². The zero-order valence-electron chi connectivity index (χ0n) is 8.44. The van der Waals surface area contributed by atoms with E-state index in [4.69, 9.17) is 5.11 Å². The van der Waals surface area contributed by atoms with E-state index in [0.717, 1.165) is 12.5 Å². The standard InChI is InChI=1S/C11H17NO2/c1-7(11(13)14)12-6-10-5-8-2-3-9(10)4-8/h2-3,7-10,12H,4-6H2,1H3,(H,13,14). The Kier molecular flexibility index (Phi) is 2.59. The lowest BCUT2D eigenvalue weighted by atomic mass is 9.93. The molecule has 0 aliphatic heterocycles. The molecule has 0 aromatic carbocycles. The van der Waals surface area contributed by atoms with Gasteiger partial charge in [0.05, 0.1) is 0 Å². The van der Waals surface area contributed by atoms with Gasteiger partial charge in [0.1, 0.15) is 6.04 Å². The Labute approximate surface area is 84.2 Å². The smallest absolute Gasteiger partial charge is 0.320 e. The second-order valence-electron chi connectivity index (χ2n) is 4.51. The third kappa shape index (κ3) is 1.82. The molecular weight excluding hydrogens is 178 g/mol. The van der Waals surface area contributed by atoms with Gasteiger partial charge < -0.3 is 10.4 Å². The molecule has 2 rings (SSSR count). The van der Waals surface area contributed by atoms with E-state index < -0.39 is 12.0 Å². The Bertz CT molecular complexity index is 262. The maximum absolute atomic E-state index is 10.6. The molecule has 0 amide bonds. The molecule has 1 saturated carbocycles. The van der Waals surface area contributed by atoms with Crippen molar-refractivity contribution in [3.63, 3.8) is 0 Å². The number of hydrogen-bond donors (Lipinski definition) is 2. The van der Waals surface area contributed by atoms with Gasteiger partial charge in [0, 0.05) is 0 Å². The van der Waals surface area contributed by atoms with Crippen molar-refractivity contribution in [1.29, 1.82) is 0 Å². The first kappa shape index (κ1) is 9.71. The van der Waals surface area contributed by atoms with Crippen molar-refractivity contribution in [1.82, 2.24) is 5.32 Å². The molecule has 3 heteroatoms. The summed E-state index contributed by atoms with van der Waals surface area (Å²) < 4.78 is 0. The van der Waals surface area contributed by atoms with E-state index in [1.165, 1.54) is 12.8 Å². The Morgan fingerprint density at radius 1 is 1.57 bits per heavy atom. The first-order valence-corrected chi connectivity index (χ1v) is 5.31. The summed E-state index contributed by atoms with van der Waals surface area (Å²) in [4.78, 5) is 10.6. The van der Waals surface area contributed by atoms with E-state index in [1.54, 1.807) is 6.92 Å². The van der Waals surface area contributed by atoms with Crippen LogP contribution < -0.4 is 5.32 Å². The fourth-order valence-electron chi connectivity index (χ4n) is 2.54. The molecule has 78 valence electrons. The number of carboxylic acids is 1. The number of rotatable bonds is 4. The normalized spacial score (nSPS) is 36.2. The van der Waals surface area contributed by atoms with E-state index in [0.29, 0.717) is 11.8 Å². The third-order valence-electron chi connectivity index (χ3n) is 3.47. The first-order chi connectivity index (χ1) is 6.66. The molecule has 1 fully saturated rings. The lowest BCUT2D eigenvalue weighted by molar-refractivity contribution is -0.139. The molecule has 14 heavy (non-hydrogen) atoms. The number of aliphatic carboxylic acids is 1. The minimum Gasteiger partial charge on any atom is -0.480 e. The van der Waals surface area contributed by atoms with Gasteiger partial charge in [0.15, 0.2) is 0 Å². The zero-order valence-corrected chi connectivity index (χ0v) is 8.44. The van der Waals surface area contributed by atoms with Crippen LogP contribution in [0.3, 0.4) is 0 Å². The van der Waals surface area contributed by atoms with Crippen LogP contribution in [-0.4, -0.2) is 23.7 Å². The molecule has 0 saturated heterocycles. The maximum atomic E-state index is 10.6. The van der Waals surface area contributed by atoms with Crippen LogP contribution in [0.4, 0.5) is 0 Å². The van der Waals surface area contributed by atoms with Gasteiger partial charge in [-0.2, -0.15) is 0 Å². The summed E-state index contributed by atoms with van der Waals surface area (Å²) in [5, 5.41) is 11.8. The Balaban J connectivity index is 1.77. The molecule has 0 aromatic rings. The fraction of sp³-hybridized carbons (Fsp3) is 0.727. The highest BCUT2D eigenvalue weighted by Crippen LogP contribution is 2.42. The van der Waals surface area contributed by atoms with Crippen LogP contribution in [0, 0.1) is 17.8 Å². The quantitative estimate of drug-likeness (QED) is 0.664. The number of fused-ring (bicyclic) bond motifs is 2. The predicted molar refractivity (Wildman–Crippen MR) is 53.9 cm³/mol. The van der Waals surface area contributed by atoms with Gasteiger partial charge in [-0.05, 0) is 44.1 Å². The van der Waals surface area contributed by atoms with E-state index >= 15 is 0 Å². The average Bonchev–Trinajstić information content (AvgIpc) is 2.74. The van der Waals surface area contributed by atoms with Crippen LogP contribution in [0.2, 0.25) is 0 Å². The molecule has 2 aliphatic carbocycles. The molecule has 4 atom stereocenters. The average molecular weight is 195 g/mol. The molecule has 3 nitrogen and oxygen atoms in total. The monoisotopic (exact) mass is 195 g/mol. The lowest BCUT2D eigenvalue weighted by Gasteiger charge is -2.19. The first-order valence-electron chi connectivity index (χ1n) is 5.31. The SMILES string of the molecule is CC(NCC1CC2C=CC1C2)C(=O)O. The highest BCUT2D eigenvalue weighted by atomic mass is 16.4. The Morgan fingerprint density at radius 3 is 2.86 bits per heavy atom. The highest BCUT2D eigenvalue weighted by molar-refractivity contribution is 5.72. The van der Waals surface area contributed by atoms with Crippen molar-refractivity contribution >= 4 is 5.97 Å². The summed E-state index contributed by atoms with van der Waals surface area (Å²) in [5.74, 6) is 1.37. The molecule has 0 heterocycles. The number of carbonyl (C=O) groups is 1. The number of carboxylic acid groups (broad SMARTS) is 1. The van der Waals surface area contributed by atoms with E-state index in [2.05, 4.69) is 17.5 Å². The number of nitrogens with one attached hydrogen (secondary N) is 1. The molecule has 2 N–H and O–H groups in total. The largest absolute Gasteiger partial charge is 0.480 e. The van der Waals surface area contributed by atoms with Gasteiger partial charge in [-0.25, -0.2) is 0 Å². The topological polar surface area (TPSA) is 49.3 Å². The van der Waals surface area contributed by atoms with Crippen molar-refractivity contribution in [2.24, 2.45) is 17.8 Å². The molecule has 0 radical (unpaired) electrons. The van der Waals surface area contributed by atoms with Gasteiger partial charge in [0.2, 0.25) is 0 Å². The van der Waals surface area contributed by atoms with Crippen molar-refractivity contribution in [2.75, 3.05) is 6.54 Å². The predicted octanol–water partition coefficient (Wildman–Crippen LogP) is 1.26. The lowest BCUT2D eigenvalue weighted by Crippen LogP contribution is -2.37. The summed E-state index contributed by atoms with van der Waals surface area (Å²) in [6, 6.07) is -0.418. The van der Waals surface area contributed by atoms with Gasteiger partial charge in [0.25, 0.3) is 0 Å². The van der Waals surface area contributed by atoms with Crippen molar-refractivity contribution in [2.45, 2.75) is 25.8 Å². The van der Waals surface area contributed by atoms with Crippen LogP contribution in [0.5, 0.6) is 0 Å². The molecule has 0 aromatic heterocycles. The van der Waals surface area contributed by atoms with E-state index in [-0.39, 0.29) is 0 Å². The second-order valence-corrected chi connectivity index (χ2v) is 4.51. The van der Waals surface area contributed by atoms with Crippen LogP contribution in [0.1, 0.15) is 19.8 Å². The number of hydrogen-bond acceptors (Lipinski definition) is 2. The summed E-state index contributed by atoms with van der Waals surface area (Å²) in [6.45, 7) is 2.55. The van der Waals surface area contributed by atoms with Gasteiger partial charge >= 0.3 is 5.97 Å². The van der Waals surface area contributed by atoms with E-state index in [1.807, 2.05) is 0 Å². The summed E-state index contributed by atoms with van der Waals surface area (Å²) in [5.41, 5.74) is 0. The van der Waals surface area contributed by atoms with Crippen LogP contribution >= 0.6 is 0 Å². The Hall–Kier alpha value is -0.830. The zero-order chi connectivity index (χ0) is 10.1. The summed E-state index contributed by atoms with van der Waals surface area (Å²) >= 11 is 0. The summed E-state index contributed by atoms with van der Waals surface area (Å²) in [6.07, 6.45) is 7.13.